The largest absolute Gasteiger partial charge is 0.316 e. The average molecular weight is 315 g/mol. The van der Waals surface area contributed by atoms with Crippen LogP contribution in [-0.2, 0) is 0 Å². The molecule has 2 nitrogen and oxygen atoms in total. The third-order valence-electron chi connectivity index (χ3n) is 4.73. The monoisotopic (exact) mass is 315 g/mol. The van der Waals surface area contributed by atoms with Crippen molar-refractivity contribution < 1.29 is 4.79 Å². The number of Topliss-reactive ketones (excluding diaryl/α,β-unsaturated/α-hetero) is 1. The molecule has 1 fully saturated rings. The first-order valence-corrected chi connectivity index (χ1v) is 8.95. The van der Waals surface area contributed by atoms with Gasteiger partial charge in [0.05, 0.1) is 4.88 Å². The van der Waals surface area contributed by atoms with Gasteiger partial charge in [0.15, 0.2) is 5.78 Å². The van der Waals surface area contributed by atoms with Gasteiger partial charge in [-0.25, -0.2) is 0 Å². The third kappa shape index (κ3) is 3.11. The Bertz CT molecular complexity index is 641. The maximum Gasteiger partial charge on any atom is 0.180 e. The van der Waals surface area contributed by atoms with Crippen molar-refractivity contribution in [3.63, 3.8) is 0 Å². The Morgan fingerprint density at radius 3 is 2.73 bits per heavy atom. The summed E-state index contributed by atoms with van der Waals surface area (Å²) in [5.41, 5.74) is 0.0736. The van der Waals surface area contributed by atoms with Crippen molar-refractivity contribution in [3.05, 3.63) is 35.2 Å². The second-order valence-electron chi connectivity index (χ2n) is 7.75. The quantitative estimate of drug-likeness (QED) is 0.814. The zero-order valence-electron chi connectivity index (χ0n) is 13.7. The number of hydrogen-bond acceptors (Lipinski definition) is 3. The van der Waals surface area contributed by atoms with Gasteiger partial charge in [0.2, 0.25) is 0 Å². The molecule has 3 rings (SSSR count). The average Bonchev–Trinajstić information content (AvgIpc) is 3.11. The van der Waals surface area contributed by atoms with Crippen molar-refractivity contribution in [2.45, 2.75) is 40.0 Å². The minimum Gasteiger partial charge on any atom is -0.316 e. The summed E-state index contributed by atoms with van der Waals surface area (Å²) in [6.07, 6.45) is 3.04. The molecule has 1 aliphatic heterocycles. The van der Waals surface area contributed by atoms with Crippen LogP contribution < -0.4 is 5.32 Å². The van der Waals surface area contributed by atoms with Crippen molar-refractivity contribution in [3.8, 4) is 0 Å². The van der Waals surface area contributed by atoms with E-state index < -0.39 is 0 Å². The summed E-state index contributed by atoms with van der Waals surface area (Å²) in [5.74, 6) is 0.350. The Morgan fingerprint density at radius 2 is 2.09 bits per heavy atom. The predicted molar refractivity (Wildman–Crippen MR) is 94.8 cm³/mol. The second-order valence-corrected chi connectivity index (χ2v) is 8.83. The summed E-state index contributed by atoms with van der Waals surface area (Å²) < 4.78 is 1.21. The minimum absolute atomic E-state index is 0.200. The highest BCUT2D eigenvalue weighted by atomic mass is 32.1. The summed E-state index contributed by atoms with van der Waals surface area (Å²) in [4.78, 5) is 14.2. The fourth-order valence-corrected chi connectivity index (χ4v) is 4.36. The molecule has 0 spiro atoms. The van der Waals surface area contributed by atoms with Crippen molar-refractivity contribution in [2.75, 3.05) is 13.1 Å². The van der Waals surface area contributed by atoms with Gasteiger partial charge in [-0.1, -0.05) is 39.0 Å². The van der Waals surface area contributed by atoms with E-state index in [1.54, 1.807) is 11.3 Å². The Labute approximate surface area is 136 Å². The van der Waals surface area contributed by atoms with Crippen LogP contribution in [0.5, 0.6) is 0 Å². The lowest BCUT2D eigenvalue weighted by molar-refractivity contribution is 0.0788. The van der Waals surface area contributed by atoms with Gasteiger partial charge in [-0.2, -0.15) is 0 Å². The Hall–Kier alpha value is -1.19. The van der Waals surface area contributed by atoms with Gasteiger partial charge in [0, 0.05) is 16.7 Å². The molecule has 1 atom stereocenters. The zero-order chi connectivity index (χ0) is 15.8. The Kier molecular flexibility index (Phi) is 4.13. The van der Waals surface area contributed by atoms with E-state index in [2.05, 4.69) is 44.3 Å². The van der Waals surface area contributed by atoms with E-state index in [0.717, 1.165) is 37.2 Å². The lowest BCUT2D eigenvalue weighted by atomic mass is 9.74. The zero-order valence-corrected chi connectivity index (χ0v) is 14.6. The molecule has 22 heavy (non-hydrogen) atoms. The number of carbonyl (C=O) groups is 1. The van der Waals surface area contributed by atoms with Crippen molar-refractivity contribution in [1.29, 1.82) is 0 Å². The van der Waals surface area contributed by atoms with Gasteiger partial charge in [-0.05, 0) is 48.7 Å². The predicted octanol–water partition coefficient (Wildman–Crippen LogP) is 4.89. The van der Waals surface area contributed by atoms with E-state index in [-0.39, 0.29) is 10.8 Å². The number of hydrogen-bond donors (Lipinski definition) is 1. The smallest absolute Gasteiger partial charge is 0.180 e. The fraction of sp³-hybridized carbons (Fsp3) is 0.526. The molecule has 0 aliphatic carbocycles. The third-order valence-corrected chi connectivity index (χ3v) is 5.84. The van der Waals surface area contributed by atoms with Crippen molar-refractivity contribution in [1.82, 2.24) is 5.32 Å². The van der Waals surface area contributed by atoms with Gasteiger partial charge in [-0.3, -0.25) is 4.79 Å². The number of rotatable bonds is 4. The molecule has 0 bridgehead atoms. The van der Waals surface area contributed by atoms with Crippen LogP contribution in [0, 0.1) is 10.8 Å². The van der Waals surface area contributed by atoms with Crippen LogP contribution in [0.3, 0.4) is 0 Å². The summed E-state index contributed by atoms with van der Waals surface area (Å²) in [6, 6.07) is 10.4. The van der Waals surface area contributed by atoms with Gasteiger partial charge < -0.3 is 5.32 Å². The van der Waals surface area contributed by atoms with Gasteiger partial charge >= 0.3 is 0 Å². The lowest BCUT2D eigenvalue weighted by Gasteiger charge is -2.30. The number of carbonyl (C=O) groups excluding carboxylic acids is 1. The molecule has 1 N–H and O–H groups in total. The van der Waals surface area contributed by atoms with Crippen LogP contribution >= 0.6 is 11.3 Å². The highest BCUT2D eigenvalue weighted by Gasteiger charge is 2.42. The molecule has 0 amide bonds. The van der Waals surface area contributed by atoms with E-state index in [9.17, 15) is 4.79 Å². The van der Waals surface area contributed by atoms with E-state index >= 15 is 0 Å². The number of benzene rings is 1. The Balaban J connectivity index is 1.89. The fourth-order valence-electron chi connectivity index (χ4n) is 3.23. The summed E-state index contributed by atoms with van der Waals surface area (Å²) >= 11 is 1.65. The molecule has 2 aromatic rings. The molecule has 1 aromatic carbocycles. The first-order valence-electron chi connectivity index (χ1n) is 8.14. The minimum atomic E-state index is -0.200. The number of ketones is 1. The molecule has 0 unspecified atom stereocenters. The summed E-state index contributed by atoms with van der Waals surface area (Å²) in [5, 5.41) is 4.61. The van der Waals surface area contributed by atoms with Crippen LogP contribution in [0.1, 0.15) is 49.7 Å². The second kappa shape index (κ2) is 5.78. The van der Waals surface area contributed by atoms with Crippen LogP contribution in [-0.4, -0.2) is 18.9 Å². The normalized spacial score (nSPS) is 22.3. The molecule has 0 radical (unpaired) electrons. The van der Waals surface area contributed by atoms with Crippen molar-refractivity contribution in [2.24, 2.45) is 10.8 Å². The molecule has 3 heteroatoms. The van der Waals surface area contributed by atoms with Crippen LogP contribution in [0.2, 0.25) is 0 Å². The number of fused-ring (bicyclic) bond motifs is 1. The standard InChI is InChI=1S/C19H25NOS/c1-18(2,3)8-9-19(10-11-20-13-19)17(21)16-12-14-6-4-5-7-15(14)22-16/h4-7,12,20H,8-11,13H2,1-3H3/t19-/m1/s1. The molecule has 1 aliphatic rings. The highest BCUT2D eigenvalue weighted by molar-refractivity contribution is 7.20. The van der Waals surface area contributed by atoms with Crippen LogP contribution in [0.15, 0.2) is 30.3 Å². The number of thiophene rings is 1. The number of nitrogens with one attached hydrogen (secondary N) is 1. The van der Waals surface area contributed by atoms with Gasteiger partial charge in [-0.15, -0.1) is 11.3 Å². The SMILES string of the molecule is CC(C)(C)CC[C@@]1(C(=O)c2cc3ccccc3s2)CCNC1. The summed E-state index contributed by atoms with van der Waals surface area (Å²) in [6.45, 7) is 8.56. The first kappa shape index (κ1) is 15.7. The van der Waals surface area contributed by atoms with E-state index in [0.29, 0.717) is 5.78 Å². The van der Waals surface area contributed by atoms with Crippen LogP contribution in [0.25, 0.3) is 10.1 Å². The first-order chi connectivity index (χ1) is 10.4. The molecule has 1 aromatic heterocycles. The molecular formula is C19H25NOS. The van der Waals surface area contributed by atoms with Crippen LogP contribution in [0.4, 0.5) is 0 Å². The lowest BCUT2D eigenvalue weighted by Crippen LogP contribution is -2.34. The molecular weight excluding hydrogens is 290 g/mol. The maximum absolute atomic E-state index is 13.2. The molecule has 1 saturated heterocycles. The van der Waals surface area contributed by atoms with Gasteiger partial charge in [0.25, 0.3) is 0 Å². The van der Waals surface area contributed by atoms with E-state index in [4.69, 9.17) is 0 Å². The molecule has 118 valence electrons. The highest BCUT2D eigenvalue weighted by Crippen LogP contribution is 2.40. The Morgan fingerprint density at radius 1 is 1.32 bits per heavy atom. The topological polar surface area (TPSA) is 29.1 Å². The maximum atomic E-state index is 13.2. The van der Waals surface area contributed by atoms with E-state index in [1.165, 1.54) is 10.1 Å². The summed E-state index contributed by atoms with van der Waals surface area (Å²) in [7, 11) is 0. The van der Waals surface area contributed by atoms with E-state index in [1.807, 2.05) is 12.1 Å². The van der Waals surface area contributed by atoms with Gasteiger partial charge in [0.1, 0.15) is 0 Å². The van der Waals surface area contributed by atoms with Crippen molar-refractivity contribution >= 4 is 27.2 Å². The molecule has 0 saturated carbocycles. The molecule has 2 heterocycles.